The predicted octanol–water partition coefficient (Wildman–Crippen LogP) is 4.68. The van der Waals surface area contributed by atoms with Gasteiger partial charge < -0.3 is 4.74 Å². The van der Waals surface area contributed by atoms with E-state index in [0.717, 1.165) is 11.3 Å². The maximum absolute atomic E-state index is 13.6. The van der Waals surface area contributed by atoms with Crippen LogP contribution in [0.3, 0.4) is 0 Å². The van der Waals surface area contributed by atoms with Gasteiger partial charge in [0.05, 0.1) is 0 Å². The van der Waals surface area contributed by atoms with Gasteiger partial charge in [0.1, 0.15) is 11.5 Å². The third-order valence-electron chi connectivity index (χ3n) is 2.90. The molecule has 20 heavy (non-hydrogen) atoms. The molecule has 0 radical (unpaired) electrons. The minimum Gasteiger partial charge on any atom is -0.457 e. The molecule has 0 aliphatic carbocycles. The number of aromatic nitrogens is 1. The Morgan fingerprint density at radius 2 is 1.45 bits per heavy atom. The zero-order chi connectivity index (χ0) is 13.8. The first-order valence-corrected chi connectivity index (χ1v) is 6.27. The molecule has 0 aliphatic heterocycles. The van der Waals surface area contributed by atoms with Crippen molar-refractivity contribution in [1.82, 2.24) is 4.98 Å². The van der Waals surface area contributed by atoms with E-state index >= 15 is 0 Å². The molecular weight excluding hydrogens is 253 g/mol. The Labute approximate surface area is 116 Å². The molecule has 2 nitrogen and oxygen atoms in total. The molecule has 2 aromatic carbocycles. The van der Waals surface area contributed by atoms with Gasteiger partial charge in [-0.05, 0) is 42.0 Å². The van der Waals surface area contributed by atoms with Crippen molar-refractivity contribution in [3.8, 4) is 22.6 Å². The molecule has 0 N–H and O–H groups in total. The van der Waals surface area contributed by atoms with Crippen molar-refractivity contribution in [2.75, 3.05) is 0 Å². The summed E-state index contributed by atoms with van der Waals surface area (Å²) in [6, 6.07) is 20.2. The minimum absolute atomic E-state index is 0.468. The molecule has 0 saturated heterocycles. The van der Waals surface area contributed by atoms with Crippen LogP contribution < -0.4 is 4.74 Å². The van der Waals surface area contributed by atoms with Crippen LogP contribution in [-0.2, 0) is 0 Å². The third-order valence-corrected chi connectivity index (χ3v) is 2.90. The molecular formula is C17H12FNO. The van der Waals surface area contributed by atoms with E-state index in [1.165, 1.54) is 6.20 Å². The number of pyridine rings is 1. The van der Waals surface area contributed by atoms with Crippen LogP contribution in [0.4, 0.5) is 4.39 Å². The Morgan fingerprint density at radius 3 is 2.15 bits per heavy atom. The van der Waals surface area contributed by atoms with Gasteiger partial charge in [-0.25, -0.2) is 4.98 Å². The Bertz CT molecular complexity index is 696. The van der Waals surface area contributed by atoms with E-state index in [4.69, 9.17) is 4.74 Å². The lowest BCUT2D eigenvalue weighted by Gasteiger charge is -2.07. The highest BCUT2D eigenvalue weighted by atomic mass is 19.1. The van der Waals surface area contributed by atoms with Crippen molar-refractivity contribution in [2.45, 2.75) is 0 Å². The lowest BCUT2D eigenvalue weighted by molar-refractivity contribution is 0.483. The fraction of sp³-hybridized carbons (Fsp3) is 0. The van der Waals surface area contributed by atoms with E-state index in [-0.39, 0.29) is 0 Å². The van der Waals surface area contributed by atoms with Crippen molar-refractivity contribution in [3.05, 3.63) is 78.9 Å². The van der Waals surface area contributed by atoms with Crippen LogP contribution in [0.15, 0.2) is 72.9 Å². The van der Waals surface area contributed by atoms with E-state index in [1.54, 1.807) is 12.1 Å². The minimum atomic E-state index is -0.468. The van der Waals surface area contributed by atoms with E-state index in [0.29, 0.717) is 11.3 Å². The van der Waals surface area contributed by atoms with E-state index in [9.17, 15) is 4.39 Å². The van der Waals surface area contributed by atoms with Crippen LogP contribution in [0, 0.1) is 5.95 Å². The summed E-state index contributed by atoms with van der Waals surface area (Å²) in [6.45, 7) is 0. The van der Waals surface area contributed by atoms with E-state index < -0.39 is 5.95 Å². The molecule has 0 saturated carbocycles. The summed E-state index contributed by atoms with van der Waals surface area (Å²) in [5.41, 5.74) is 1.26. The molecule has 0 bridgehead atoms. The van der Waals surface area contributed by atoms with E-state index in [2.05, 4.69) is 4.98 Å². The number of hydrogen-bond donors (Lipinski definition) is 0. The highest BCUT2D eigenvalue weighted by Gasteiger charge is 2.05. The molecule has 0 fully saturated rings. The first-order valence-electron chi connectivity index (χ1n) is 6.27. The average Bonchev–Trinajstić information content (AvgIpc) is 2.50. The van der Waals surface area contributed by atoms with Crippen LogP contribution in [0.2, 0.25) is 0 Å². The Kier molecular flexibility index (Phi) is 3.42. The first-order chi connectivity index (χ1) is 9.83. The zero-order valence-electron chi connectivity index (χ0n) is 10.7. The molecule has 3 rings (SSSR count). The molecule has 1 aromatic heterocycles. The third kappa shape index (κ3) is 2.67. The molecule has 0 spiro atoms. The molecule has 98 valence electrons. The molecule has 0 aliphatic rings. The summed E-state index contributed by atoms with van der Waals surface area (Å²) in [5.74, 6) is 1.02. The Morgan fingerprint density at radius 1 is 0.750 bits per heavy atom. The number of halogens is 1. The van der Waals surface area contributed by atoms with Crippen LogP contribution in [0.5, 0.6) is 11.5 Å². The van der Waals surface area contributed by atoms with Crippen LogP contribution >= 0.6 is 0 Å². The van der Waals surface area contributed by atoms with Gasteiger partial charge in [0.2, 0.25) is 5.95 Å². The van der Waals surface area contributed by atoms with Gasteiger partial charge in [-0.1, -0.05) is 30.3 Å². The molecule has 0 amide bonds. The second-order valence-electron chi connectivity index (χ2n) is 4.28. The van der Waals surface area contributed by atoms with Gasteiger partial charge in [0.15, 0.2) is 0 Å². The first kappa shape index (κ1) is 12.4. The maximum Gasteiger partial charge on any atom is 0.220 e. The molecule has 0 unspecified atom stereocenters. The fourth-order valence-corrected chi connectivity index (χ4v) is 1.93. The lowest BCUT2D eigenvalue weighted by Crippen LogP contribution is -1.88. The quantitative estimate of drug-likeness (QED) is 0.641. The standard InChI is InChI=1S/C17H12FNO/c18-17-16(7-4-12-19-17)13-8-10-15(11-9-13)20-14-5-2-1-3-6-14/h1-12H. The van der Waals surface area contributed by atoms with Crippen molar-refractivity contribution >= 4 is 0 Å². The predicted molar refractivity (Wildman–Crippen MR) is 76.1 cm³/mol. The van der Waals surface area contributed by atoms with Gasteiger partial charge in [0, 0.05) is 11.8 Å². The number of nitrogens with zero attached hydrogens (tertiary/aromatic N) is 1. The Balaban J connectivity index is 1.83. The number of ether oxygens (including phenoxy) is 1. The summed E-state index contributed by atoms with van der Waals surface area (Å²) in [6.07, 6.45) is 1.44. The summed E-state index contributed by atoms with van der Waals surface area (Å²) in [5, 5.41) is 0. The maximum atomic E-state index is 13.6. The summed E-state index contributed by atoms with van der Waals surface area (Å²) in [7, 11) is 0. The van der Waals surface area contributed by atoms with Gasteiger partial charge >= 0.3 is 0 Å². The molecule has 3 heteroatoms. The van der Waals surface area contributed by atoms with Gasteiger partial charge in [-0.2, -0.15) is 4.39 Å². The van der Waals surface area contributed by atoms with Crippen molar-refractivity contribution in [2.24, 2.45) is 0 Å². The largest absolute Gasteiger partial charge is 0.457 e. The van der Waals surface area contributed by atoms with E-state index in [1.807, 2.05) is 54.6 Å². The van der Waals surface area contributed by atoms with Crippen molar-refractivity contribution in [3.63, 3.8) is 0 Å². The van der Waals surface area contributed by atoms with Crippen molar-refractivity contribution in [1.29, 1.82) is 0 Å². The number of para-hydroxylation sites is 1. The summed E-state index contributed by atoms with van der Waals surface area (Å²) in [4.78, 5) is 3.65. The summed E-state index contributed by atoms with van der Waals surface area (Å²) >= 11 is 0. The van der Waals surface area contributed by atoms with Crippen LogP contribution in [0.25, 0.3) is 11.1 Å². The van der Waals surface area contributed by atoms with Crippen LogP contribution in [0.1, 0.15) is 0 Å². The van der Waals surface area contributed by atoms with Gasteiger partial charge in [-0.15, -0.1) is 0 Å². The number of hydrogen-bond acceptors (Lipinski definition) is 2. The van der Waals surface area contributed by atoms with Crippen LogP contribution in [-0.4, -0.2) is 4.98 Å². The Hall–Kier alpha value is -2.68. The monoisotopic (exact) mass is 265 g/mol. The highest BCUT2D eigenvalue weighted by Crippen LogP contribution is 2.26. The fourth-order valence-electron chi connectivity index (χ4n) is 1.93. The number of rotatable bonds is 3. The smallest absolute Gasteiger partial charge is 0.220 e. The zero-order valence-corrected chi connectivity index (χ0v) is 10.7. The summed E-state index contributed by atoms with van der Waals surface area (Å²) < 4.78 is 19.3. The second-order valence-corrected chi connectivity index (χ2v) is 4.28. The highest BCUT2D eigenvalue weighted by molar-refractivity contribution is 5.63. The lowest BCUT2D eigenvalue weighted by atomic mass is 10.1. The van der Waals surface area contributed by atoms with Crippen molar-refractivity contribution < 1.29 is 9.13 Å². The molecule has 1 heterocycles. The number of benzene rings is 2. The van der Waals surface area contributed by atoms with Gasteiger partial charge in [-0.3, -0.25) is 0 Å². The second kappa shape index (κ2) is 5.53. The average molecular weight is 265 g/mol. The van der Waals surface area contributed by atoms with Gasteiger partial charge in [0.25, 0.3) is 0 Å². The normalized spacial score (nSPS) is 10.2. The SMILES string of the molecule is Fc1ncccc1-c1ccc(Oc2ccccc2)cc1. The molecule has 0 atom stereocenters. The topological polar surface area (TPSA) is 22.1 Å². The molecule has 3 aromatic rings.